The van der Waals surface area contributed by atoms with Gasteiger partial charge in [0.05, 0.1) is 57.5 Å². The van der Waals surface area contributed by atoms with Crippen LogP contribution in [0.3, 0.4) is 0 Å². The van der Waals surface area contributed by atoms with Crippen LogP contribution >= 0.6 is 0 Å². The summed E-state index contributed by atoms with van der Waals surface area (Å²) in [6.45, 7) is 1.10. The molecule has 0 radical (unpaired) electrons. The monoisotopic (exact) mass is 410 g/mol. The standard InChI is InChI=1S/C18H34O10/c1-3-9-11(4-19)27-14(18(24)15(9)21)8-26-6-10-12(5-20)28-13(7-25-2)17(23)16(10)22/h9-24H,3-8H2,1-2H3/t9-,10+,11?,12?,13+,14-,15-,16-,17?,18?/m0/s1. The van der Waals surface area contributed by atoms with Crippen LogP contribution in [0.5, 0.6) is 0 Å². The molecule has 0 aromatic heterocycles. The van der Waals surface area contributed by atoms with Crippen LogP contribution in [0.25, 0.3) is 0 Å². The lowest BCUT2D eigenvalue weighted by molar-refractivity contribution is -0.239. The zero-order valence-electron chi connectivity index (χ0n) is 16.3. The first-order chi connectivity index (χ1) is 13.4. The molecule has 4 unspecified atom stereocenters. The van der Waals surface area contributed by atoms with E-state index in [-0.39, 0.29) is 39.0 Å². The van der Waals surface area contributed by atoms with Crippen LogP contribution in [0.15, 0.2) is 0 Å². The second kappa shape index (κ2) is 11.1. The van der Waals surface area contributed by atoms with Crippen molar-refractivity contribution >= 4 is 0 Å². The molecule has 0 spiro atoms. The van der Waals surface area contributed by atoms with E-state index in [9.17, 15) is 30.6 Å². The Morgan fingerprint density at radius 2 is 1.18 bits per heavy atom. The van der Waals surface area contributed by atoms with Gasteiger partial charge in [0.25, 0.3) is 0 Å². The molecule has 10 heteroatoms. The summed E-state index contributed by atoms with van der Waals surface area (Å²) in [4.78, 5) is 0. The Balaban J connectivity index is 1.92. The molecule has 166 valence electrons. The van der Waals surface area contributed by atoms with Crippen molar-refractivity contribution in [1.82, 2.24) is 0 Å². The molecule has 0 saturated carbocycles. The van der Waals surface area contributed by atoms with Crippen molar-refractivity contribution in [3.8, 4) is 0 Å². The van der Waals surface area contributed by atoms with Gasteiger partial charge in [0.2, 0.25) is 0 Å². The van der Waals surface area contributed by atoms with Crippen LogP contribution in [0, 0.1) is 11.8 Å². The Labute approximate surface area is 164 Å². The van der Waals surface area contributed by atoms with Gasteiger partial charge in [-0.25, -0.2) is 0 Å². The molecule has 0 amide bonds. The molecule has 2 heterocycles. The van der Waals surface area contributed by atoms with E-state index in [1.54, 1.807) is 0 Å². The quantitative estimate of drug-likeness (QED) is 0.235. The number of aliphatic hydroxyl groups excluding tert-OH is 6. The maximum absolute atomic E-state index is 10.4. The van der Waals surface area contributed by atoms with Gasteiger partial charge in [-0.05, 0) is 6.42 Å². The molecule has 2 saturated heterocycles. The maximum Gasteiger partial charge on any atom is 0.110 e. The first-order valence-electron chi connectivity index (χ1n) is 9.71. The van der Waals surface area contributed by atoms with Gasteiger partial charge in [-0.15, -0.1) is 0 Å². The van der Waals surface area contributed by atoms with Gasteiger partial charge in [-0.1, -0.05) is 6.92 Å². The summed E-state index contributed by atoms with van der Waals surface area (Å²) in [5.74, 6) is -1.08. The number of methoxy groups -OCH3 is 1. The smallest absolute Gasteiger partial charge is 0.110 e. The highest BCUT2D eigenvalue weighted by molar-refractivity contribution is 4.93. The van der Waals surface area contributed by atoms with Gasteiger partial charge < -0.3 is 49.6 Å². The van der Waals surface area contributed by atoms with E-state index < -0.39 is 54.7 Å². The molecule has 0 aromatic rings. The first kappa shape index (κ1) is 23.9. The number of aliphatic hydroxyl groups is 6. The lowest BCUT2D eigenvalue weighted by atomic mass is 9.85. The van der Waals surface area contributed by atoms with Crippen LogP contribution < -0.4 is 0 Å². The minimum atomic E-state index is -1.20. The Hall–Kier alpha value is -0.400. The molecule has 28 heavy (non-hydrogen) atoms. The zero-order chi connectivity index (χ0) is 20.8. The fourth-order valence-electron chi connectivity index (χ4n) is 4.03. The summed E-state index contributed by atoms with van der Waals surface area (Å²) in [7, 11) is 1.44. The Morgan fingerprint density at radius 3 is 1.68 bits per heavy atom. The summed E-state index contributed by atoms with van der Waals surface area (Å²) in [5, 5.41) is 60.1. The van der Waals surface area contributed by atoms with E-state index in [0.717, 1.165) is 0 Å². The normalized spacial score (nSPS) is 44.6. The average molecular weight is 410 g/mol. The third-order valence-corrected chi connectivity index (χ3v) is 5.75. The fraction of sp³-hybridized carbons (Fsp3) is 1.00. The van der Waals surface area contributed by atoms with Crippen LogP contribution in [0.2, 0.25) is 0 Å². The van der Waals surface area contributed by atoms with Gasteiger partial charge in [0, 0.05) is 18.9 Å². The lowest BCUT2D eigenvalue weighted by Gasteiger charge is -2.43. The predicted molar refractivity (Wildman–Crippen MR) is 95.5 cm³/mol. The molecule has 0 bridgehead atoms. The Kier molecular flexibility index (Phi) is 9.48. The van der Waals surface area contributed by atoms with E-state index in [1.165, 1.54) is 7.11 Å². The maximum atomic E-state index is 10.4. The summed E-state index contributed by atoms with van der Waals surface area (Å²) < 4.78 is 21.8. The minimum absolute atomic E-state index is 0.0627. The number of rotatable bonds is 9. The van der Waals surface area contributed by atoms with Crippen LogP contribution in [0.1, 0.15) is 13.3 Å². The summed E-state index contributed by atoms with van der Waals surface area (Å²) >= 11 is 0. The van der Waals surface area contributed by atoms with E-state index in [0.29, 0.717) is 6.42 Å². The highest BCUT2D eigenvalue weighted by Crippen LogP contribution is 2.30. The first-order valence-corrected chi connectivity index (χ1v) is 9.71. The summed E-state index contributed by atoms with van der Waals surface area (Å²) in [6, 6.07) is 0. The van der Waals surface area contributed by atoms with Crippen molar-refractivity contribution < 1.29 is 49.6 Å². The van der Waals surface area contributed by atoms with Crippen molar-refractivity contribution in [1.29, 1.82) is 0 Å². The largest absolute Gasteiger partial charge is 0.394 e. The van der Waals surface area contributed by atoms with Crippen molar-refractivity contribution in [2.45, 2.75) is 62.2 Å². The third kappa shape index (κ3) is 5.20. The molecule has 2 rings (SSSR count). The van der Waals surface area contributed by atoms with Crippen LogP contribution in [0.4, 0.5) is 0 Å². The van der Waals surface area contributed by atoms with Crippen molar-refractivity contribution in [2.24, 2.45) is 11.8 Å². The molecular formula is C18H34O10. The molecule has 2 aliphatic rings. The second-order valence-corrected chi connectivity index (χ2v) is 7.48. The Morgan fingerprint density at radius 1 is 0.679 bits per heavy atom. The van der Waals surface area contributed by atoms with Gasteiger partial charge in [0.15, 0.2) is 0 Å². The predicted octanol–water partition coefficient (Wildman–Crippen LogP) is -2.75. The van der Waals surface area contributed by atoms with Crippen LogP contribution in [-0.4, -0.2) is 120 Å². The highest BCUT2D eigenvalue weighted by atomic mass is 16.6. The molecule has 10 atom stereocenters. The van der Waals surface area contributed by atoms with E-state index in [1.807, 2.05) is 6.92 Å². The van der Waals surface area contributed by atoms with Gasteiger partial charge in [-0.3, -0.25) is 0 Å². The third-order valence-electron chi connectivity index (χ3n) is 5.75. The summed E-state index contributed by atoms with van der Waals surface area (Å²) in [5.41, 5.74) is 0. The van der Waals surface area contributed by atoms with Gasteiger partial charge in [-0.2, -0.15) is 0 Å². The molecular weight excluding hydrogens is 376 g/mol. The van der Waals surface area contributed by atoms with E-state index in [2.05, 4.69) is 0 Å². The topological polar surface area (TPSA) is 158 Å². The summed E-state index contributed by atoms with van der Waals surface area (Å²) in [6.07, 6.45) is -7.04. The molecule has 10 nitrogen and oxygen atoms in total. The second-order valence-electron chi connectivity index (χ2n) is 7.48. The lowest BCUT2D eigenvalue weighted by Crippen LogP contribution is -2.58. The van der Waals surface area contributed by atoms with Crippen molar-refractivity contribution in [3.05, 3.63) is 0 Å². The molecule has 2 fully saturated rings. The van der Waals surface area contributed by atoms with Gasteiger partial charge in [0.1, 0.15) is 24.4 Å². The molecule has 6 N–H and O–H groups in total. The van der Waals surface area contributed by atoms with E-state index >= 15 is 0 Å². The number of ether oxygens (including phenoxy) is 4. The van der Waals surface area contributed by atoms with Crippen molar-refractivity contribution in [3.63, 3.8) is 0 Å². The fourth-order valence-corrected chi connectivity index (χ4v) is 4.03. The minimum Gasteiger partial charge on any atom is -0.394 e. The molecule has 0 aliphatic carbocycles. The van der Waals surface area contributed by atoms with Crippen molar-refractivity contribution in [2.75, 3.05) is 40.1 Å². The average Bonchev–Trinajstić information content (AvgIpc) is 2.70. The van der Waals surface area contributed by atoms with E-state index in [4.69, 9.17) is 18.9 Å². The molecule has 2 aliphatic heterocycles. The Bertz CT molecular complexity index is 448. The SMILES string of the molecule is CC[C@H]1C(CO)O[C@@H](COC[C@@H]2C(CO)O[C@H](COC)C(O)[C@H]2O)C(O)[C@H]1O. The zero-order valence-corrected chi connectivity index (χ0v) is 16.3. The van der Waals surface area contributed by atoms with Gasteiger partial charge >= 0.3 is 0 Å². The molecule has 0 aromatic carbocycles. The number of hydrogen-bond donors (Lipinski definition) is 6. The highest BCUT2D eigenvalue weighted by Gasteiger charge is 2.45. The number of hydrogen-bond acceptors (Lipinski definition) is 10. The van der Waals surface area contributed by atoms with Crippen LogP contribution in [-0.2, 0) is 18.9 Å².